The molecular weight excluding hydrogens is 258 g/mol. The Labute approximate surface area is 118 Å². The average Bonchev–Trinajstić information content (AvgIpc) is 2.88. The van der Waals surface area contributed by atoms with Crippen LogP contribution in [0.3, 0.4) is 0 Å². The normalized spacial score (nSPS) is 21.3. The van der Waals surface area contributed by atoms with E-state index in [1.165, 1.54) is 0 Å². The van der Waals surface area contributed by atoms with Crippen LogP contribution >= 0.6 is 0 Å². The van der Waals surface area contributed by atoms with Crippen molar-refractivity contribution in [2.75, 3.05) is 26.3 Å². The summed E-state index contributed by atoms with van der Waals surface area (Å²) in [5, 5.41) is 9.42. The summed E-state index contributed by atoms with van der Waals surface area (Å²) >= 11 is 0. The zero-order valence-electron chi connectivity index (χ0n) is 11.4. The van der Waals surface area contributed by atoms with Crippen molar-refractivity contribution in [1.82, 2.24) is 4.90 Å². The number of phenols is 1. The lowest BCUT2D eigenvalue weighted by atomic mass is 10.0. The van der Waals surface area contributed by atoms with Gasteiger partial charge in [0.05, 0.1) is 19.6 Å². The van der Waals surface area contributed by atoms with Gasteiger partial charge in [0.1, 0.15) is 5.75 Å². The lowest BCUT2D eigenvalue weighted by Gasteiger charge is -2.37. The van der Waals surface area contributed by atoms with Crippen molar-refractivity contribution in [3.8, 4) is 5.75 Å². The molecule has 1 N–H and O–H groups in total. The van der Waals surface area contributed by atoms with Crippen molar-refractivity contribution >= 4 is 5.91 Å². The van der Waals surface area contributed by atoms with E-state index in [0.717, 1.165) is 18.4 Å². The summed E-state index contributed by atoms with van der Waals surface area (Å²) in [6.45, 7) is 2.63. The molecule has 0 unspecified atom stereocenters. The second-order valence-corrected chi connectivity index (χ2v) is 5.34. The molecule has 2 aliphatic rings. The molecule has 1 spiro atoms. The average molecular weight is 277 g/mol. The molecule has 5 nitrogen and oxygen atoms in total. The molecule has 20 heavy (non-hydrogen) atoms. The molecule has 0 aromatic heterocycles. The standard InChI is InChI=1S/C15H19NO4/c17-13-3-1-2-12(10-13)11-14(18)16-6-4-15(5-7-16)19-8-9-20-15/h1-3,10,17H,4-9,11H2. The largest absolute Gasteiger partial charge is 0.508 e. The number of aromatic hydroxyl groups is 1. The highest BCUT2D eigenvalue weighted by Gasteiger charge is 2.40. The van der Waals surface area contributed by atoms with Gasteiger partial charge in [-0.05, 0) is 17.7 Å². The molecule has 2 saturated heterocycles. The maximum atomic E-state index is 12.2. The summed E-state index contributed by atoms with van der Waals surface area (Å²) in [6.07, 6.45) is 1.79. The van der Waals surface area contributed by atoms with Crippen molar-refractivity contribution in [3.63, 3.8) is 0 Å². The first-order valence-electron chi connectivity index (χ1n) is 7.00. The Morgan fingerprint density at radius 3 is 2.60 bits per heavy atom. The third-order valence-corrected chi connectivity index (χ3v) is 3.96. The van der Waals surface area contributed by atoms with E-state index in [-0.39, 0.29) is 11.7 Å². The fraction of sp³-hybridized carbons (Fsp3) is 0.533. The molecule has 0 atom stereocenters. The topological polar surface area (TPSA) is 59.0 Å². The third-order valence-electron chi connectivity index (χ3n) is 3.96. The van der Waals surface area contributed by atoms with Crippen LogP contribution in [-0.2, 0) is 20.7 Å². The van der Waals surface area contributed by atoms with Crippen molar-refractivity contribution in [2.24, 2.45) is 0 Å². The molecule has 1 amide bonds. The number of phenolic OH excluding ortho intramolecular Hbond substituents is 1. The highest BCUT2D eigenvalue weighted by molar-refractivity contribution is 5.79. The molecule has 2 heterocycles. The highest BCUT2D eigenvalue weighted by Crippen LogP contribution is 2.31. The fourth-order valence-electron chi connectivity index (χ4n) is 2.84. The van der Waals surface area contributed by atoms with Crippen LogP contribution in [0, 0.1) is 0 Å². The number of rotatable bonds is 2. The van der Waals surface area contributed by atoms with Crippen LogP contribution in [0.25, 0.3) is 0 Å². The number of hydrogen-bond donors (Lipinski definition) is 1. The van der Waals surface area contributed by atoms with E-state index in [9.17, 15) is 9.90 Å². The number of benzene rings is 1. The molecule has 1 aromatic carbocycles. The number of carbonyl (C=O) groups excluding carboxylic acids is 1. The summed E-state index contributed by atoms with van der Waals surface area (Å²) < 4.78 is 11.3. The van der Waals surface area contributed by atoms with Gasteiger partial charge in [0.2, 0.25) is 5.91 Å². The SMILES string of the molecule is O=C(Cc1cccc(O)c1)N1CCC2(CC1)OCCO2. The quantitative estimate of drug-likeness (QED) is 0.885. The molecule has 2 fully saturated rings. The van der Waals surface area contributed by atoms with E-state index in [0.29, 0.717) is 32.7 Å². The van der Waals surface area contributed by atoms with E-state index >= 15 is 0 Å². The molecule has 0 radical (unpaired) electrons. The summed E-state index contributed by atoms with van der Waals surface area (Å²) in [4.78, 5) is 14.1. The zero-order chi connectivity index (χ0) is 14.0. The Bertz CT molecular complexity index is 486. The molecular formula is C15H19NO4. The highest BCUT2D eigenvalue weighted by atomic mass is 16.7. The van der Waals surface area contributed by atoms with Crippen LogP contribution in [0.5, 0.6) is 5.75 Å². The number of piperidine rings is 1. The van der Waals surface area contributed by atoms with Gasteiger partial charge in [0.15, 0.2) is 5.79 Å². The predicted octanol–water partition coefficient (Wildman–Crippen LogP) is 1.30. The van der Waals surface area contributed by atoms with Crippen LogP contribution in [0.15, 0.2) is 24.3 Å². The second-order valence-electron chi connectivity index (χ2n) is 5.34. The monoisotopic (exact) mass is 277 g/mol. The number of ether oxygens (including phenoxy) is 2. The number of amides is 1. The minimum absolute atomic E-state index is 0.0865. The van der Waals surface area contributed by atoms with E-state index in [1.54, 1.807) is 18.2 Å². The van der Waals surface area contributed by atoms with Crippen LogP contribution in [0.2, 0.25) is 0 Å². The fourth-order valence-corrected chi connectivity index (χ4v) is 2.84. The van der Waals surface area contributed by atoms with Gasteiger partial charge < -0.3 is 19.5 Å². The summed E-state index contributed by atoms with van der Waals surface area (Å²) in [7, 11) is 0. The first kappa shape index (κ1) is 13.4. The minimum Gasteiger partial charge on any atom is -0.508 e. The van der Waals surface area contributed by atoms with Crippen LogP contribution in [0.4, 0.5) is 0 Å². The third kappa shape index (κ3) is 2.78. The Balaban J connectivity index is 1.56. The second kappa shape index (κ2) is 5.42. The van der Waals surface area contributed by atoms with E-state index in [1.807, 2.05) is 11.0 Å². The van der Waals surface area contributed by atoms with Crippen LogP contribution in [-0.4, -0.2) is 48.0 Å². The Morgan fingerprint density at radius 2 is 1.95 bits per heavy atom. The molecule has 3 rings (SSSR count). The van der Waals surface area contributed by atoms with Gasteiger partial charge in [-0.3, -0.25) is 4.79 Å². The van der Waals surface area contributed by atoms with Crippen LogP contribution < -0.4 is 0 Å². The van der Waals surface area contributed by atoms with Gasteiger partial charge in [-0.1, -0.05) is 12.1 Å². The Hall–Kier alpha value is -1.59. The Kier molecular flexibility index (Phi) is 3.63. The molecule has 2 aliphatic heterocycles. The smallest absolute Gasteiger partial charge is 0.226 e. The number of likely N-dealkylation sites (tertiary alicyclic amines) is 1. The molecule has 0 aliphatic carbocycles. The van der Waals surface area contributed by atoms with Gasteiger partial charge in [-0.15, -0.1) is 0 Å². The first-order valence-corrected chi connectivity index (χ1v) is 7.00. The van der Waals surface area contributed by atoms with Gasteiger partial charge in [-0.25, -0.2) is 0 Å². The van der Waals surface area contributed by atoms with Crippen molar-refractivity contribution in [1.29, 1.82) is 0 Å². The molecule has 0 bridgehead atoms. The van der Waals surface area contributed by atoms with E-state index in [2.05, 4.69) is 0 Å². The molecule has 1 aromatic rings. The van der Waals surface area contributed by atoms with Crippen molar-refractivity contribution in [2.45, 2.75) is 25.0 Å². The lowest BCUT2D eigenvalue weighted by molar-refractivity contribution is -0.187. The number of hydrogen-bond acceptors (Lipinski definition) is 4. The zero-order valence-corrected chi connectivity index (χ0v) is 11.4. The first-order chi connectivity index (χ1) is 9.67. The van der Waals surface area contributed by atoms with Gasteiger partial charge in [0, 0.05) is 25.9 Å². The van der Waals surface area contributed by atoms with Crippen LogP contribution in [0.1, 0.15) is 18.4 Å². The lowest BCUT2D eigenvalue weighted by Crippen LogP contribution is -2.47. The minimum atomic E-state index is -0.443. The van der Waals surface area contributed by atoms with Crippen molar-refractivity contribution in [3.05, 3.63) is 29.8 Å². The molecule has 0 saturated carbocycles. The summed E-state index contributed by atoms with van der Waals surface area (Å²) in [5.41, 5.74) is 0.837. The summed E-state index contributed by atoms with van der Waals surface area (Å²) in [5.74, 6) is -0.161. The summed E-state index contributed by atoms with van der Waals surface area (Å²) in [6, 6.07) is 6.84. The van der Waals surface area contributed by atoms with E-state index in [4.69, 9.17) is 9.47 Å². The predicted molar refractivity (Wildman–Crippen MR) is 72.3 cm³/mol. The van der Waals surface area contributed by atoms with Gasteiger partial charge in [0.25, 0.3) is 0 Å². The van der Waals surface area contributed by atoms with Gasteiger partial charge in [-0.2, -0.15) is 0 Å². The maximum absolute atomic E-state index is 12.2. The molecule has 5 heteroatoms. The van der Waals surface area contributed by atoms with Crippen molar-refractivity contribution < 1.29 is 19.4 Å². The maximum Gasteiger partial charge on any atom is 0.226 e. The van der Waals surface area contributed by atoms with Gasteiger partial charge >= 0.3 is 0 Å². The number of nitrogens with zero attached hydrogens (tertiary/aromatic N) is 1. The molecule has 108 valence electrons. The van der Waals surface area contributed by atoms with E-state index < -0.39 is 5.79 Å². The number of carbonyl (C=O) groups is 1. The Morgan fingerprint density at radius 1 is 1.25 bits per heavy atom.